The van der Waals surface area contributed by atoms with Crippen molar-refractivity contribution in [1.82, 2.24) is 9.55 Å². The van der Waals surface area contributed by atoms with E-state index in [2.05, 4.69) is 4.98 Å². The Hall–Kier alpha value is -2.30. The van der Waals surface area contributed by atoms with Crippen LogP contribution < -0.4 is 9.47 Å². The monoisotopic (exact) mass is 246 g/mol. The number of rotatable bonds is 4. The number of ether oxygens (including phenoxy) is 2. The van der Waals surface area contributed by atoms with Crippen molar-refractivity contribution >= 4 is 5.78 Å². The minimum absolute atomic E-state index is 0.218. The molecule has 0 atom stereocenters. The Morgan fingerprint density at radius 2 is 1.83 bits per heavy atom. The number of hydrogen-bond acceptors (Lipinski definition) is 4. The molecule has 0 aliphatic carbocycles. The quantitative estimate of drug-likeness (QED) is 0.770. The van der Waals surface area contributed by atoms with E-state index in [-0.39, 0.29) is 5.78 Å². The third-order valence-corrected chi connectivity index (χ3v) is 2.59. The predicted octanol–water partition coefficient (Wildman–Crippen LogP) is 1.67. The molecule has 5 heteroatoms. The normalized spacial score (nSPS) is 10.2. The van der Waals surface area contributed by atoms with Gasteiger partial charge in [-0.15, -0.1) is 0 Å². The molecule has 2 rings (SSSR count). The molecule has 2 aromatic rings. The summed E-state index contributed by atoms with van der Waals surface area (Å²) >= 11 is 0. The van der Waals surface area contributed by atoms with Crippen LogP contribution in [0.4, 0.5) is 0 Å². The third-order valence-electron chi connectivity index (χ3n) is 2.59. The molecule has 18 heavy (non-hydrogen) atoms. The van der Waals surface area contributed by atoms with Gasteiger partial charge in [-0.1, -0.05) is 6.07 Å². The van der Waals surface area contributed by atoms with E-state index in [1.807, 2.05) is 7.05 Å². The van der Waals surface area contributed by atoms with Crippen LogP contribution in [0.15, 0.2) is 30.7 Å². The Kier molecular flexibility index (Phi) is 3.32. The van der Waals surface area contributed by atoms with Gasteiger partial charge < -0.3 is 14.0 Å². The number of aromatic nitrogens is 2. The molecule has 0 amide bonds. The second-order valence-corrected chi connectivity index (χ2v) is 3.79. The molecule has 0 N–H and O–H groups in total. The molecule has 0 unspecified atom stereocenters. The molecule has 0 spiro atoms. The Morgan fingerprint density at radius 1 is 1.22 bits per heavy atom. The summed E-state index contributed by atoms with van der Waals surface area (Å²) in [5.74, 6) is 0.736. The van der Waals surface area contributed by atoms with Crippen molar-refractivity contribution in [2.75, 3.05) is 14.2 Å². The number of ketones is 1. The predicted molar refractivity (Wildman–Crippen MR) is 66.2 cm³/mol. The fraction of sp³-hybridized carbons (Fsp3) is 0.231. The molecular formula is C13H14N2O3. The number of methoxy groups -OCH3 is 2. The van der Waals surface area contributed by atoms with Crippen LogP contribution in [-0.4, -0.2) is 29.6 Å². The highest BCUT2D eigenvalue weighted by Crippen LogP contribution is 2.30. The zero-order valence-corrected chi connectivity index (χ0v) is 10.5. The molecule has 1 aromatic heterocycles. The van der Waals surface area contributed by atoms with Crippen LogP contribution in [0.2, 0.25) is 0 Å². The third kappa shape index (κ3) is 2.07. The first kappa shape index (κ1) is 12.2. The van der Waals surface area contributed by atoms with E-state index in [0.717, 1.165) is 0 Å². The smallest absolute Gasteiger partial charge is 0.220 e. The van der Waals surface area contributed by atoms with Gasteiger partial charge in [-0.25, -0.2) is 4.98 Å². The molecule has 0 aliphatic rings. The molecule has 1 aromatic carbocycles. The van der Waals surface area contributed by atoms with E-state index >= 15 is 0 Å². The summed E-state index contributed by atoms with van der Waals surface area (Å²) in [6.07, 6.45) is 3.24. The van der Waals surface area contributed by atoms with Gasteiger partial charge >= 0.3 is 0 Å². The first-order valence-corrected chi connectivity index (χ1v) is 5.41. The van der Waals surface area contributed by atoms with Crippen molar-refractivity contribution < 1.29 is 14.3 Å². The second-order valence-electron chi connectivity index (χ2n) is 3.79. The first-order chi connectivity index (χ1) is 8.67. The van der Waals surface area contributed by atoms with Gasteiger partial charge in [-0.2, -0.15) is 0 Å². The number of benzene rings is 1. The molecular weight excluding hydrogens is 232 g/mol. The Labute approximate surface area is 105 Å². The van der Waals surface area contributed by atoms with Crippen molar-refractivity contribution in [2.24, 2.45) is 7.05 Å². The van der Waals surface area contributed by atoms with Gasteiger partial charge in [0.25, 0.3) is 0 Å². The summed E-state index contributed by atoms with van der Waals surface area (Å²) in [5.41, 5.74) is 0.751. The van der Waals surface area contributed by atoms with E-state index in [1.165, 1.54) is 14.2 Å². The largest absolute Gasteiger partial charge is 0.496 e. The molecule has 94 valence electrons. The molecule has 0 saturated heterocycles. The Morgan fingerprint density at radius 3 is 2.28 bits per heavy atom. The van der Waals surface area contributed by atoms with Gasteiger partial charge in [-0.3, -0.25) is 4.79 Å². The number of carbonyl (C=O) groups is 1. The van der Waals surface area contributed by atoms with E-state index in [1.54, 1.807) is 35.3 Å². The highest BCUT2D eigenvalue weighted by atomic mass is 16.5. The fourth-order valence-electron chi connectivity index (χ4n) is 1.73. The van der Waals surface area contributed by atoms with E-state index in [4.69, 9.17) is 9.47 Å². The Balaban J connectivity index is 2.52. The van der Waals surface area contributed by atoms with Gasteiger partial charge in [0.15, 0.2) is 0 Å². The minimum atomic E-state index is -0.218. The van der Waals surface area contributed by atoms with E-state index in [0.29, 0.717) is 22.8 Å². The minimum Gasteiger partial charge on any atom is -0.496 e. The van der Waals surface area contributed by atoms with Gasteiger partial charge in [0.05, 0.1) is 20.5 Å². The average molecular weight is 246 g/mol. The molecule has 0 saturated carbocycles. The second kappa shape index (κ2) is 4.91. The molecule has 0 aliphatic heterocycles. The lowest BCUT2D eigenvalue weighted by Crippen LogP contribution is -2.07. The van der Waals surface area contributed by atoms with Gasteiger partial charge in [0.2, 0.25) is 5.78 Å². The maximum Gasteiger partial charge on any atom is 0.220 e. The molecule has 1 heterocycles. The summed E-state index contributed by atoms with van der Waals surface area (Å²) < 4.78 is 12.1. The number of aryl methyl sites for hydroxylation is 1. The van der Waals surface area contributed by atoms with Crippen molar-refractivity contribution in [3.8, 4) is 11.5 Å². The molecule has 0 radical (unpaired) electrons. The lowest BCUT2D eigenvalue weighted by molar-refractivity contribution is 0.102. The van der Waals surface area contributed by atoms with Crippen LogP contribution in [-0.2, 0) is 7.05 Å². The average Bonchev–Trinajstić information content (AvgIpc) is 2.83. The summed E-state index contributed by atoms with van der Waals surface area (Å²) in [7, 11) is 4.84. The number of carbonyl (C=O) groups excluding carboxylic acids is 1. The van der Waals surface area contributed by atoms with Crippen LogP contribution in [0.3, 0.4) is 0 Å². The molecule has 0 bridgehead atoms. The summed E-state index contributed by atoms with van der Waals surface area (Å²) in [6, 6.07) is 5.21. The topological polar surface area (TPSA) is 53.4 Å². The maximum atomic E-state index is 12.4. The lowest BCUT2D eigenvalue weighted by atomic mass is 10.1. The van der Waals surface area contributed by atoms with E-state index in [9.17, 15) is 4.79 Å². The van der Waals surface area contributed by atoms with Gasteiger partial charge in [-0.05, 0) is 12.1 Å². The highest BCUT2D eigenvalue weighted by molar-refractivity contribution is 6.11. The highest BCUT2D eigenvalue weighted by Gasteiger charge is 2.21. The van der Waals surface area contributed by atoms with Crippen molar-refractivity contribution in [3.05, 3.63) is 42.0 Å². The SMILES string of the molecule is COc1cccc(OC)c1C(=O)c1cn(C)cn1. The van der Waals surface area contributed by atoms with Crippen LogP contribution in [0.1, 0.15) is 16.1 Å². The van der Waals surface area contributed by atoms with Crippen molar-refractivity contribution in [2.45, 2.75) is 0 Å². The molecule has 0 fully saturated rings. The fourth-order valence-corrected chi connectivity index (χ4v) is 1.73. The van der Waals surface area contributed by atoms with Gasteiger partial charge in [0.1, 0.15) is 22.8 Å². The Bertz CT molecular complexity index is 553. The van der Waals surface area contributed by atoms with Crippen LogP contribution in [0.25, 0.3) is 0 Å². The van der Waals surface area contributed by atoms with Crippen molar-refractivity contribution in [1.29, 1.82) is 0 Å². The number of nitrogens with zero attached hydrogens (tertiary/aromatic N) is 2. The standard InChI is InChI=1S/C13H14N2O3/c1-15-7-9(14-8-15)13(16)12-10(17-2)5-4-6-11(12)18-3/h4-8H,1-3H3. The summed E-state index contributed by atoms with van der Waals surface area (Å²) in [6.45, 7) is 0. The van der Waals surface area contributed by atoms with E-state index < -0.39 is 0 Å². The summed E-state index contributed by atoms with van der Waals surface area (Å²) in [4.78, 5) is 16.4. The first-order valence-electron chi connectivity index (χ1n) is 5.41. The zero-order chi connectivity index (χ0) is 13.1. The number of imidazole rings is 1. The number of hydrogen-bond donors (Lipinski definition) is 0. The maximum absolute atomic E-state index is 12.4. The van der Waals surface area contributed by atoms with Crippen LogP contribution in [0.5, 0.6) is 11.5 Å². The molecule has 5 nitrogen and oxygen atoms in total. The zero-order valence-electron chi connectivity index (χ0n) is 10.5. The van der Waals surface area contributed by atoms with Crippen LogP contribution in [0, 0.1) is 0 Å². The van der Waals surface area contributed by atoms with Gasteiger partial charge in [0, 0.05) is 13.2 Å². The van der Waals surface area contributed by atoms with Crippen molar-refractivity contribution in [3.63, 3.8) is 0 Å². The lowest BCUT2D eigenvalue weighted by Gasteiger charge is -2.10. The summed E-state index contributed by atoms with van der Waals surface area (Å²) in [5, 5.41) is 0. The van der Waals surface area contributed by atoms with Crippen LogP contribution >= 0.6 is 0 Å².